The highest BCUT2D eigenvalue weighted by molar-refractivity contribution is 7.45. The van der Waals surface area contributed by atoms with Crippen molar-refractivity contribution in [2.75, 3.05) is 47.5 Å². The number of rotatable bonds is 46. The van der Waals surface area contributed by atoms with Crippen LogP contribution in [0.1, 0.15) is 239 Å². The summed E-state index contributed by atoms with van der Waals surface area (Å²) in [4.78, 5) is 37.6. The van der Waals surface area contributed by atoms with Crippen LogP contribution in [0.25, 0.3) is 0 Å². The molecule has 10 heteroatoms. The van der Waals surface area contributed by atoms with E-state index in [1.807, 2.05) is 21.1 Å². The second-order valence-corrected chi connectivity index (χ2v) is 19.6. The third kappa shape index (κ3) is 46.1. The van der Waals surface area contributed by atoms with Crippen LogP contribution in [0.3, 0.4) is 0 Å². The molecule has 0 amide bonds. The average Bonchev–Trinajstić information content (AvgIpc) is 3.19. The molecule has 0 aromatic carbocycles. The first-order valence-corrected chi connectivity index (χ1v) is 26.4. The fraction of sp³-hybridized carbons (Fsp3) is 0.918. The fourth-order valence-electron chi connectivity index (χ4n) is 7.12. The lowest BCUT2D eigenvalue weighted by atomic mass is 10.0. The van der Waals surface area contributed by atoms with Crippen LogP contribution < -0.4 is 4.89 Å². The molecule has 0 N–H and O–H groups in total. The maximum Gasteiger partial charge on any atom is 0.306 e. The number of nitrogens with zero attached hydrogens (tertiary/aromatic N) is 1. The Bertz CT molecular complexity index is 1020. The average molecular weight is 858 g/mol. The van der Waals surface area contributed by atoms with E-state index in [0.717, 1.165) is 44.9 Å². The molecular formula is C49H96NO8P. The van der Waals surface area contributed by atoms with Crippen LogP contribution >= 0.6 is 7.82 Å². The summed E-state index contributed by atoms with van der Waals surface area (Å²) in [6, 6.07) is 0. The molecule has 350 valence electrons. The monoisotopic (exact) mass is 858 g/mol. The number of phosphoric ester groups is 1. The van der Waals surface area contributed by atoms with E-state index in [4.69, 9.17) is 18.5 Å². The molecule has 0 aliphatic heterocycles. The van der Waals surface area contributed by atoms with Gasteiger partial charge in [-0.3, -0.25) is 14.2 Å². The molecule has 9 nitrogen and oxygen atoms in total. The number of unbranched alkanes of at least 4 members (excludes halogenated alkanes) is 30. The van der Waals surface area contributed by atoms with Gasteiger partial charge < -0.3 is 27.9 Å². The SMILES string of the molecule is CCCCCC/C=C/CCCCCCCCCC(=O)OC[C@H](COP(=O)([O-])OCC[N+](C)(C)C)OC(=O)CCCCCCCCCCCCCCCCCCCCCC. The minimum Gasteiger partial charge on any atom is -0.756 e. The Morgan fingerprint density at radius 2 is 0.864 bits per heavy atom. The van der Waals surface area contributed by atoms with Crippen molar-refractivity contribution < 1.29 is 42.1 Å². The largest absolute Gasteiger partial charge is 0.756 e. The zero-order valence-electron chi connectivity index (χ0n) is 39.5. The van der Waals surface area contributed by atoms with Crippen molar-refractivity contribution in [2.45, 2.75) is 245 Å². The summed E-state index contributed by atoms with van der Waals surface area (Å²) in [5.74, 6) is -0.826. The summed E-state index contributed by atoms with van der Waals surface area (Å²) in [7, 11) is 1.18. The van der Waals surface area contributed by atoms with Crippen LogP contribution in [0.2, 0.25) is 0 Å². The number of ether oxygens (including phenoxy) is 2. The first kappa shape index (κ1) is 57.8. The van der Waals surface area contributed by atoms with Gasteiger partial charge in [0.1, 0.15) is 19.8 Å². The molecule has 0 saturated carbocycles. The summed E-state index contributed by atoms with van der Waals surface area (Å²) < 4.78 is 34.0. The number of esters is 2. The van der Waals surface area contributed by atoms with Gasteiger partial charge >= 0.3 is 11.9 Å². The van der Waals surface area contributed by atoms with E-state index in [2.05, 4.69) is 26.0 Å². The zero-order chi connectivity index (χ0) is 43.6. The smallest absolute Gasteiger partial charge is 0.306 e. The summed E-state index contributed by atoms with van der Waals surface area (Å²) in [5, 5.41) is 0. The second kappa shape index (κ2) is 42.1. The molecule has 59 heavy (non-hydrogen) atoms. The van der Waals surface area contributed by atoms with E-state index in [-0.39, 0.29) is 32.0 Å². The number of likely N-dealkylation sites (N-methyl/N-ethyl adjacent to an activating group) is 1. The number of carbonyl (C=O) groups is 2. The molecule has 2 atom stereocenters. The Labute approximate surface area is 365 Å². The maximum absolute atomic E-state index is 12.7. The lowest BCUT2D eigenvalue weighted by Crippen LogP contribution is -2.37. The van der Waals surface area contributed by atoms with Gasteiger partial charge in [-0.15, -0.1) is 0 Å². The van der Waals surface area contributed by atoms with Gasteiger partial charge in [-0.1, -0.05) is 199 Å². The minimum atomic E-state index is -4.62. The van der Waals surface area contributed by atoms with Crippen molar-refractivity contribution in [2.24, 2.45) is 0 Å². The molecule has 0 saturated heterocycles. The number of hydrogen-bond acceptors (Lipinski definition) is 8. The molecule has 0 bridgehead atoms. The summed E-state index contributed by atoms with van der Waals surface area (Å²) in [5.41, 5.74) is 0. The van der Waals surface area contributed by atoms with Gasteiger partial charge in [0.2, 0.25) is 0 Å². The Hall–Kier alpha value is -1.25. The highest BCUT2D eigenvalue weighted by Gasteiger charge is 2.21. The molecule has 0 fully saturated rings. The van der Waals surface area contributed by atoms with Crippen LogP contribution in [-0.2, 0) is 32.7 Å². The maximum atomic E-state index is 12.7. The Morgan fingerprint density at radius 3 is 1.27 bits per heavy atom. The Balaban J connectivity index is 4.23. The second-order valence-electron chi connectivity index (χ2n) is 18.2. The van der Waals surface area contributed by atoms with Crippen molar-refractivity contribution in [3.05, 3.63) is 12.2 Å². The lowest BCUT2D eigenvalue weighted by molar-refractivity contribution is -0.870. The van der Waals surface area contributed by atoms with Gasteiger partial charge in [-0.25, -0.2) is 0 Å². The molecule has 0 aromatic heterocycles. The van der Waals surface area contributed by atoms with Crippen LogP contribution in [0.4, 0.5) is 0 Å². The summed E-state index contributed by atoms with van der Waals surface area (Å²) >= 11 is 0. The van der Waals surface area contributed by atoms with E-state index in [0.29, 0.717) is 17.4 Å². The van der Waals surface area contributed by atoms with Crippen LogP contribution in [0.15, 0.2) is 12.2 Å². The number of quaternary nitrogens is 1. The topological polar surface area (TPSA) is 111 Å². The number of allylic oxidation sites excluding steroid dienone is 2. The van der Waals surface area contributed by atoms with E-state index in [1.54, 1.807) is 0 Å². The Morgan fingerprint density at radius 1 is 0.508 bits per heavy atom. The summed E-state index contributed by atoms with van der Waals surface area (Å²) in [6.07, 6.45) is 45.2. The van der Waals surface area contributed by atoms with E-state index in [1.165, 1.54) is 161 Å². The number of hydrogen-bond donors (Lipinski definition) is 0. The highest BCUT2D eigenvalue weighted by atomic mass is 31.2. The molecule has 0 aliphatic rings. The van der Waals surface area contributed by atoms with Gasteiger partial charge in [0.15, 0.2) is 6.10 Å². The molecule has 0 radical (unpaired) electrons. The molecule has 0 heterocycles. The third-order valence-corrected chi connectivity index (χ3v) is 12.0. The van der Waals surface area contributed by atoms with Crippen LogP contribution in [-0.4, -0.2) is 70.0 Å². The molecular weight excluding hydrogens is 762 g/mol. The third-order valence-electron chi connectivity index (χ3n) is 11.0. The van der Waals surface area contributed by atoms with Crippen LogP contribution in [0.5, 0.6) is 0 Å². The first-order chi connectivity index (χ1) is 28.5. The van der Waals surface area contributed by atoms with Crippen molar-refractivity contribution >= 4 is 19.8 Å². The van der Waals surface area contributed by atoms with Crippen LogP contribution in [0, 0.1) is 0 Å². The predicted molar refractivity (Wildman–Crippen MR) is 245 cm³/mol. The van der Waals surface area contributed by atoms with Gasteiger partial charge in [-0.2, -0.15) is 0 Å². The van der Waals surface area contributed by atoms with Gasteiger partial charge in [-0.05, 0) is 38.5 Å². The molecule has 0 aromatic rings. The minimum absolute atomic E-state index is 0.0280. The van der Waals surface area contributed by atoms with Gasteiger partial charge in [0.05, 0.1) is 27.7 Å². The van der Waals surface area contributed by atoms with E-state index < -0.39 is 26.5 Å². The fourth-order valence-corrected chi connectivity index (χ4v) is 7.85. The standard InChI is InChI=1S/C49H96NO8P/c1-6-8-10-12-14-16-18-20-22-23-24-25-26-28-30-32-34-36-38-40-42-49(52)58-47(46-57-59(53,54)56-44-43-50(3,4)5)45-55-48(51)41-39-37-35-33-31-29-27-21-19-17-15-13-11-9-7-2/h17,19,47H,6-16,18,20-46H2,1-5H3/b19-17+/t47-/m1/s1. The van der Waals surface area contributed by atoms with Crippen molar-refractivity contribution in [1.29, 1.82) is 0 Å². The van der Waals surface area contributed by atoms with E-state index in [9.17, 15) is 19.0 Å². The quantitative estimate of drug-likeness (QED) is 0.0196. The van der Waals surface area contributed by atoms with Gasteiger partial charge in [0, 0.05) is 12.8 Å². The molecule has 0 aliphatic carbocycles. The molecule has 0 rings (SSSR count). The van der Waals surface area contributed by atoms with Gasteiger partial charge in [0.25, 0.3) is 7.82 Å². The van der Waals surface area contributed by atoms with Crippen molar-refractivity contribution in [3.63, 3.8) is 0 Å². The molecule has 1 unspecified atom stereocenters. The highest BCUT2D eigenvalue weighted by Crippen LogP contribution is 2.38. The van der Waals surface area contributed by atoms with E-state index >= 15 is 0 Å². The first-order valence-electron chi connectivity index (χ1n) is 24.9. The lowest BCUT2D eigenvalue weighted by Gasteiger charge is -2.28. The Kier molecular flexibility index (Phi) is 41.2. The summed E-state index contributed by atoms with van der Waals surface area (Å²) in [6.45, 7) is 4.25. The number of carbonyl (C=O) groups excluding carboxylic acids is 2. The zero-order valence-corrected chi connectivity index (χ0v) is 40.4. The normalized spacial score (nSPS) is 13.5. The predicted octanol–water partition coefficient (Wildman–Crippen LogP) is 13.9. The molecule has 0 spiro atoms. The van der Waals surface area contributed by atoms with Crippen molar-refractivity contribution in [1.82, 2.24) is 0 Å². The van der Waals surface area contributed by atoms with Crippen molar-refractivity contribution in [3.8, 4) is 0 Å². The number of phosphoric acid groups is 1.